The quantitative estimate of drug-likeness (QED) is 0.416. The number of carbonyl (C=O) groups excluding carboxylic acids is 1. The highest BCUT2D eigenvalue weighted by Gasteiger charge is 2.14. The van der Waals surface area contributed by atoms with E-state index in [1.807, 2.05) is 0 Å². The first-order chi connectivity index (χ1) is 11.0. The third-order valence-corrected chi connectivity index (χ3v) is 3.56. The van der Waals surface area contributed by atoms with Gasteiger partial charge in [0, 0.05) is 28.1 Å². The van der Waals surface area contributed by atoms with Crippen molar-refractivity contribution in [2.45, 2.75) is 6.42 Å². The molecule has 0 spiro atoms. The first-order valence-corrected chi connectivity index (χ1v) is 7.08. The molecule has 0 saturated carbocycles. The van der Waals surface area contributed by atoms with Crippen LogP contribution in [0.25, 0.3) is 11.0 Å². The lowest BCUT2D eigenvalue weighted by molar-refractivity contribution is -0.133. The minimum atomic E-state index is -0.672. The molecule has 0 aliphatic rings. The van der Waals surface area contributed by atoms with Gasteiger partial charge in [0.15, 0.2) is 0 Å². The second-order valence-corrected chi connectivity index (χ2v) is 5.21. The van der Waals surface area contributed by atoms with E-state index < -0.39 is 17.4 Å². The summed E-state index contributed by atoms with van der Waals surface area (Å²) in [7, 11) is 0. The van der Waals surface area contributed by atoms with Crippen LogP contribution in [0, 0.1) is 5.82 Å². The van der Waals surface area contributed by atoms with E-state index in [9.17, 15) is 14.0 Å². The molecule has 6 heteroatoms. The summed E-state index contributed by atoms with van der Waals surface area (Å²) in [5, 5.41) is 0.855. The number of ether oxygens (including phenoxy) is 1. The molecule has 0 aliphatic heterocycles. The molecule has 4 nitrogen and oxygen atoms in total. The van der Waals surface area contributed by atoms with Gasteiger partial charge in [-0.05, 0) is 30.3 Å². The molecule has 0 radical (unpaired) electrons. The monoisotopic (exact) mass is 332 g/mol. The first kappa shape index (κ1) is 15.2. The number of hydrogen-bond acceptors (Lipinski definition) is 4. The third-order valence-electron chi connectivity index (χ3n) is 3.21. The van der Waals surface area contributed by atoms with Crippen molar-refractivity contribution in [2.75, 3.05) is 0 Å². The molecule has 0 bridgehead atoms. The Balaban J connectivity index is 1.81. The van der Waals surface area contributed by atoms with E-state index >= 15 is 0 Å². The number of fused-ring (bicyclic) bond motifs is 1. The summed E-state index contributed by atoms with van der Waals surface area (Å²) in [6.07, 6.45) is -0.303. The highest BCUT2D eigenvalue weighted by molar-refractivity contribution is 6.31. The van der Waals surface area contributed by atoms with Crippen LogP contribution in [0.2, 0.25) is 5.02 Å². The van der Waals surface area contributed by atoms with Crippen molar-refractivity contribution in [3.63, 3.8) is 0 Å². The lowest BCUT2D eigenvalue weighted by atomic mass is 10.1. The largest absolute Gasteiger partial charge is 0.426 e. The lowest BCUT2D eigenvalue weighted by Gasteiger charge is -2.07. The highest BCUT2D eigenvalue weighted by Crippen LogP contribution is 2.22. The Morgan fingerprint density at radius 2 is 1.96 bits per heavy atom. The summed E-state index contributed by atoms with van der Waals surface area (Å²) in [6, 6.07) is 11.7. The molecule has 0 atom stereocenters. The van der Waals surface area contributed by atoms with Crippen LogP contribution in [-0.2, 0) is 11.2 Å². The van der Waals surface area contributed by atoms with Crippen LogP contribution >= 0.6 is 11.6 Å². The molecule has 23 heavy (non-hydrogen) atoms. The maximum absolute atomic E-state index is 13.7. The summed E-state index contributed by atoms with van der Waals surface area (Å²) < 4.78 is 23.8. The average Bonchev–Trinajstić information content (AvgIpc) is 2.50. The number of esters is 1. The molecule has 0 unspecified atom stereocenters. The molecule has 0 N–H and O–H groups in total. The number of halogens is 2. The van der Waals surface area contributed by atoms with Crippen molar-refractivity contribution < 1.29 is 18.3 Å². The van der Waals surface area contributed by atoms with E-state index in [-0.39, 0.29) is 22.8 Å². The Kier molecular flexibility index (Phi) is 4.12. The van der Waals surface area contributed by atoms with Crippen LogP contribution in [0.5, 0.6) is 5.75 Å². The molecule has 0 fully saturated rings. The van der Waals surface area contributed by atoms with Gasteiger partial charge in [-0.3, -0.25) is 4.79 Å². The third kappa shape index (κ3) is 3.40. The Morgan fingerprint density at radius 3 is 2.74 bits per heavy atom. The predicted octanol–water partition coefficient (Wildman–Crippen LogP) is 3.73. The van der Waals surface area contributed by atoms with E-state index in [1.165, 1.54) is 30.3 Å². The summed E-state index contributed by atoms with van der Waals surface area (Å²) in [5.74, 6) is -1.04. The Morgan fingerprint density at radius 1 is 1.17 bits per heavy atom. The number of carbonyl (C=O) groups is 1. The van der Waals surface area contributed by atoms with Crippen LogP contribution in [0.15, 0.2) is 57.7 Å². The highest BCUT2D eigenvalue weighted by atomic mass is 35.5. The van der Waals surface area contributed by atoms with Gasteiger partial charge in [0.25, 0.3) is 0 Å². The van der Waals surface area contributed by atoms with E-state index in [0.717, 1.165) is 0 Å². The van der Waals surface area contributed by atoms with Gasteiger partial charge < -0.3 is 9.15 Å². The molecule has 1 heterocycles. The zero-order valence-corrected chi connectivity index (χ0v) is 12.5. The maximum Gasteiger partial charge on any atom is 0.336 e. The first-order valence-electron chi connectivity index (χ1n) is 6.70. The van der Waals surface area contributed by atoms with Crippen LogP contribution in [-0.4, -0.2) is 5.97 Å². The Bertz CT molecular complexity index is 928. The van der Waals surface area contributed by atoms with Crippen LogP contribution in [0.3, 0.4) is 0 Å². The Hall–Kier alpha value is -2.66. The van der Waals surface area contributed by atoms with Crippen molar-refractivity contribution in [1.29, 1.82) is 0 Å². The molecule has 0 saturated heterocycles. The minimum Gasteiger partial charge on any atom is -0.426 e. The van der Waals surface area contributed by atoms with E-state index in [2.05, 4.69) is 0 Å². The fourth-order valence-corrected chi connectivity index (χ4v) is 2.35. The van der Waals surface area contributed by atoms with E-state index in [4.69, 9.17) is 20.8 Å². The number of hydrogen-bond donors (Lipinski definition) is 0. The maximum atomic E-state index is 13.7. The molecule has 3 aromatic rings. The number of benzene rings is 2. The van der Waals surface area contributed by atoms with Gasteiger partial charge >= 0.3 is 11.6 Å². The second-order valence-electron chi connectivity index (χ2n) is 4.81. The van der Waals surface area contributed by atoms with Crippen molar-refractivity contribution >= 4 is 28.5 Å². The standard InChI is InChI=1S/C17H10ClFO4/c18-13-2-1-3-14(19)12(13)9-17(21)22-11-6-4-10-5-7-16(20)23-15(10)8-11/h1-8H,9H2. The van der Waals surface area contributed by atoms with Gasteiger partial charge in [-0.15, -0.1) is 0 Å². The van der Waals surface area contributed by atoms with Crippen molar-refractivity contribution in [1.82, 2.24) is 0 Å². The molecule has 2 aromatic carbocycles. The lowest BCUT2D eigenvalue weighted by Crippen LogP contribution is -2.12. The zero-order valence-electron chi connectivity index (χ0n) is 11.7. The molecular weight excluding hydrogens is 323 g/mol. The van der Waals surface area contributed by atoms with Crippen LogP contribution < -0.4 is 10.4 Å². The molecule has 1 aromatic heterocycles. The minimum absolute atomic E-state index is 0.0755. The Labute approximate surface area is 135 Å². The molecule has 116 valence electrons. The second kappa shape index (κ2) is 6.22. The zero-order chi connectivity index (χ0) is 16.4. The summed E-state index contributed by atoms with van der Waals surface area (Å²) in [6.45, 7) is 0. The number of rotatable bonds is 3. The average molecular weight is 333 g/mol. The molecule has 3 rings (SSSR count). The smallest absolute Gasteiger partial charge is 0.336 e. The topological polar surface area (TPSA) is 56.5 Å². The van der Waals surface area contributed by atoms with Crippen LogP contribution in [0.4, 0.5) is 4.39 Å². The summed E-state index contributed by atoms with van der Waals surface area (Å²) in [5.41, 5.74) is -0.127. The van der Waals surface area contributed by atoms with Gasteiger partial charge in [0.05, 0.1) is 6.42 Å². The fraction of sp³-hybridized carbons (Fsp3) is 0.0588. The van der Waals surface area contributed by atoms with E-state index in [1.54, 1.807) is 18.2 Å². The van der Waals surface area contributed by atoms with Crippen molar-refractivity contribution in [3.05, 3.63) is 75.4 Å². The fourth-order valence-electron chi connectivity index (χ4n) is 2.12. The van der Waals surface area contributed by atoms with Crippen molar-refractivity contribution in [3.8, 4) is 5.75 Å². The predicted molar refractivity (Wildman–Crippen MR) is 83.2 cm³/mol. The van der Waals surface area contributed by atoms with Crippen molar-refractivity contribution in [2.24, 2.45) is 0 Å². The van der Waals surface area contributed by atoms with Gasteiger partial charge in [-0.1, -0.05) is 17.7 Å². The van der Waals surface area contributed by atoms with Gasteiger partial charge in [-0.2, -0.15) is 0 Å². The summed E-state index contributed by atoms with van der Waals surface area (Å²) >= 11 is 5.87. The van der Waals surface area contributed by atoms with E-state index in [0.29, 0.717) is 11.0 Å². The molecule has 0 amide bonds. The normalized spacial score (nSPS) is 10.7. The molecule has 0 aliphatic carbocycles. The van der Waals surface area contributed by atoms with Gasteiger partial charge in [-0.25, -0.2) is 9.18 Å². The van der Waals surface area contributed by atoms with Gasteiger partial charge in [0.2, 0.25) is 0 Å². The van der Waals surface area contributed by atoms with Crippen LogP contribution in [0.1, 0.15) is 5.56 Å². The SMILES string of the molecule is O=C(Cc1c(F)cccc1Cl)Oc1ccc2ccc(=O)oc2c1. The summed E-state index contributed by atoms with van der Waals surface area (Å²) in [4.78, 5) is 23.2. The van der Waals surface area contributed by atoms with Gasteiger partial charge in [0.1, 0.15) is 17.1 Å². The molecular formula is C17H10ClFO4.